The third-order valence-electron chi connectivity index (χ3n) is 10.9. The van der Waals surface area contributed by atoms with Gasteiger partial charge in [-0.1, -0.05) is 175 Å². The van der Waals surface area contributed by atoms with Crippen molar-refractivity contribution in [3.8, 4) is 0 Å². The van der Waals surface area contributed by atoms with Crippen LogP contribution in [0.15, 0.2) is 0 Å². The van der Waals surface area contributed by atoms with Crippen molar-refractivity contribution in [2.75, 3.05) is 46.5 Å². The van der Waals surface area contributed by atoms with Gasteiger partial charge in [-0.05, 0) is 71.0 Å². The summed E-state index contributed by atoms with van der Waals surface area (Å²) >= 11 is 0. The zero-order valence-corrected chi connectivity index (χ0v) is 37.9. The van der Waals surface area contributed by atoms with Crippen LogP contribution in [0.5, 0.6) is 0 Å². The molecule has 0 unspecified atom stereocenters. The van der Waals surface area contributed by atoms with Crippen LogP contribution in [0.4, 0.5) is 0 Å². The monoisotopic (exact) mass is 797 g/mol. The third kappa shape index (κ3) is 46.9. The fourth-order valence-electron chi connectivity index (χ4n) is 7.15. The van der Waals surface area contributed by atoms with E-state index < -0.39 is 6.61 Å². The van der Waals surface area contributed by atoms with Crippen molar-refractivity contribution in [2.24, 2.45) is 0 Å². The first-order valence-corrected chi connectivity index (χ1v) is 24.2. The molecule has 0 fully saturated rings. The number of nitrogens with one attached hydrogen (secondary N) is 1. The van der Waals surface area contributed by atoms with Crippen molar-refractivity contribution >= 4 is 18.2 Å². The molecule has 0 bridgehead atoms. The molecule has 8 heteroatoms. The van der Waals surface area contributed by atoms with Crippen LogP contribution in [0, 0.1) is 0 Å². The smallest absolute Gasteiger partial charge is 0.305 e. The Balaban J connectivity index is 0. The summed E-state index contributed by atoms with van der Waals surface area (Å²) in [6, 6.07) is 0. The van der Waals surface area contributed by atoms with E-state index in [9.17, 15) is 14.4 Å². The Labute approximate surface area is 348 Å². The van der Waals surface area contributed by atoms with Crippen molar-refractivity contribution in [1.82, 2.24) is 10.2 Å². The van der Waals surface area contributed by atoms with Gasteiger partial charge in [-0.15, -0.1) is 0 Å². The molecule has 0 aliphatic carbocycles. The molecule has 0 aromatic carbocycles. The van der Waals surface area contributed by atoms with Crippen LogP contribution in [0.3, 0.4) is 0 Å². The molecule has 0 saturated carbocycles. The summed E-state index contributed by atoms with van der Waals surface area (Å²) < 4.78 is 11.0. The van der Waals surface area contributed by atoms with E-state index in [4.69, 9.17) is 14.6 Å². The second-order valence-corrected chi connectivity index (χ2v) is 16.3. The zero-order chi connectivity index (χ0) is 41.4. The van der Waals surface area contributed by atoms with Crippen LogP contribution in [-0.4, -0.2) is 80.8 Å². The van der Waals surface area contributed by atoms with E-state index in [-0.39, 0.29) is 11.9 Å². The largest absolute Gasteiger partial charge is 0.466 e. The van der Waals surface area contributed by atoms with E-state index in [2.05, 4.69) is 31.0 Å². The van der Waals surface area contributed by atoms with Crippen molar-refractivity contribution in [2.45, 2.75) is 245 Å². The first kappa shape index (κ1) is 56.6. The van der Waals surface area contributed by atoms with Crippen molar-refractivity contribution in [3.63, 3.8) is 0 Å². The first-order valence-electron chi connectivity index (χ1n) is 24.2. The lowest BCUT2D eigenvalue weighted by molar-refractivity contribution is -0.144. The maximum absolute atomic E-state index is 11.9. The third-order valence-corrected chi connectivity index (χ3v) is 10.9. The highest BCUT2D eigenvalue weighted by Gasteiger charge is 2.08. The minimum Gasteiger partial charge on any atom is -0.466 e. The lowest BCUT2D eigenvalue weighted by Gasteiger charge is -2.22. The quantitative estimate of drug-likeness (QED) is 0.0359. The molecule has 0 rings (SSSR count). The Morgan fingerprint density at radius 2 is 1.00 bits per heavy atom. The van der Waals surface area contributed by atoms with Gasteiger partial charge in [0.05, 0.1) is 12.7 Å². The highest BCUT2D eigenvalue weighted by atomic mass is 16.5. The van der Waals surface area contributed by atoms with Crippen LogP contribution in [-0.2, 0) is 23.9 Å². The Bertz CT molecular complexity index is 782. The molecule has 0 saturated heterocycles. The van der Waals surface area contributed by atoms with Crippen LogP contribution < -0.4 is 5.32 Å². The van der Waals surface area contributed by atoms with Gasteiger partial charge in [-0.3, -0.25) is 9.59 Å². The maximum Gasteiger partial charge on any atom is 0.305 e. The van der Waals surface area contributed by atoms with Gasteiger partial charge in [-0.25, -0.2) is 0 Å². The molecule has 0 atom stereocenters. The van der Waals surface area contributed by atoms with Gasteiger partial charge >= 0.3 is 5.97 Å². The molecule has 0 aliphatic heterocycles. The molecule has 334 valence electrons. The molecule has 2 N–H and O–H groups in total. The van der Waals surface area contributed by atoms with Crippen LogP contribution in [0.2, 0.25) is 0 Å². The van der Waals surface area contributed by atoms with E-state index in [0.29, 0.717) is 32.1 Å². The average molecular weight is 797 g/mol. The summed E-state index contributed by atoms with van der Waals surface area (Å²) in [6.07, 6.45) is 42.6. The molecule has 0 aliphatic rings. The standard InChI is InChI=1S/C30H58N2O5.C18H38O/c1-2-3-4-5-8-14-19-27-37-30(36)21-15-10-9-12-17-24-32(25-20-22-31-29(35)28-34)23-16-11-6-7-13-18-26-33;1-4-6-8-10-12-14-16-18(19-3)17-15-13-11-9-7-5-2/h26,34H,2-25,27-28H2,1H3,(H,31,35);18H,4-17H2,1-3H3. The lowest BCUT2D eigenvalue weighted by Crippen LogP contribution is -2.32. The second kappa shape index (κ2) is 49.6. The Hall–Kier alpha value is -1.51. The number of rotatable bonds is 44. The minimum atomic E-state index is -0.454. The second-order valence-electron chi connectivity index (χ2n) is 16.3. The van der Waals surface area contributed by atoms with Gasteiger partial charge < -0.3 is 29.6 Å². The molecular formula is C48H96N2O6. The fourth-order valence-corrected chi connectivity index (χ4v) is 7.15. The maximum atomic E-state index is 11.9. The van der Waals surface area contributed by atoms with Crippen LogP contribution >= 0.6 is 0 Å². The van der Waals surface area contributed by atoms with Crippen LogP contribution in [0.25, 0.3) is 0 Å². The van der Waals surface area contributed by atoms with E-state index in [1.54, 1.807) is 0 Å². The number of amides is 1. The molecule has 0 aromatic rings. The topological polar surface area (TPSA) is 105 Å². The van der Waals surface area contributed by atoms with Gasteiger partial charge in [-0.2, -0.15) is 0 Å². The molecule has 1 amide bonds. The molecule has 0 aromatic heterocycles. The van der Waals surface area contributed by atoms with E-state index >= 15 is 0 Å². The molecule has 56 heavy (non-hydrogen) atoms. The van der Waals surface area contributed by atoms with E-state index in [1.165, 1.54) is 135 Å². The van der Waals surface area contributed by atoms with Gasteiger partial charge in [0.2, 0.25) is 5.91 Å². The van der Waals surface area contributed by atoms with E-state index in [1.807, 2.05) is 7.11 Å². The number of hydrogen-bond donors (Lipinski definition) is 2. The van der Waals surface area contributed by atoms with Crippen molar-refractivity contribution in [1.29, 1.82) is 0 Å². The first-order chi connectivity index (χ1) is 27.5. The van der Waals surface area contributed by atoms with Gasteiger partial charge in [0.25, 0.3) is 0 Å². The summed E-state index contributed by atoms with van der Waals surface area (Å²) in [6.45, 7) is 10.6. The fraction of sp³-hybridized carbons (Fsp3) is 0.938. The lowest BCUT2D eigenvalue weighted by atomic mass is 10.0. The van der Waals surface area contributed by atoms with Gasteiger partial charge in [0.15, 0.2) is 0 Å². The number of methoxy groups -OCH3 is 1. The highest BCUT2D eigenvalue weighted by Crippen LogP contribution is 2.16. The molecule has 0 heterocycles. The average Bonchev–Trinajstić information content (AvgIpc) is 3.21. The summed E-state index contributed by atoms with van der Waals surface area (Å²) in [5, 5.41) is 11.5. The number of carbonyl (C=O) groups is 3. The van der Waals surface area contributed by atoms with Crippen molar-refractivity contribution in [3.05, 3.63) is 0 Å². The summed E-state index contributed by atoms with van der Waals surface area (Å²) in [5.41, 5.74) is 0. The van der Waals surface area contributed by atoms with Gasteiger partial charge in [0, 0.05) is 26.5 Å². The zero-order valence-electron chi connectivity index (χ0n) is 37.9. The summed E-state index contributed by atoms with van der Waals surface area (Å²) in [7, 11) is 1.89. The summed E-state index contributed by atoms with van der Waals surface area (Å²) in [5.74, 6) is -0.361. The predicted octanol–water partition coefficient (Wildman–Crippen LogP) is 12.5. The molecule has 0 radical (unpaired) electrons. The number of carbonyl (C=O) groups excluding carboxylic acids is 3. The number of aldehydes is 1. The Morgan fingerprint density at radius 3 is 1.48 bits per heavy atom. The SMILES string of the molecule is CCCCCCCCC(CCCCCCCC)OC.CCCCCCCCCOC(=O)CCCCCCCN(CCCCCCCC=O)CCCNC(=O)CO. The number of unbranched alkanes of at least 4 members (excludes halogenated alkanes) is 25. The number of aliphatic hydroxyl groups is 1. The number of aliphatic hydroxyl groups excluding tert-OH is 1. The van der Waals surface area contributed by atoms with Crippen LogP contribution in [0.1, 0.15) is 239 Å². The van der Waals surface area contributed by atoms with E-state index in [0.717, 1.165) is 96.5 Å². The number of nitrogens with zero attached hydrogens (tertiary/aromatic N) is 1. The number of hydrogen-bond acceptors (Lipinski definition) is 7. The summed E-state index contributed by atoms with van der Waals surface area (Å²) in [4.78, 5) is 36.0. The van der Waals surface area contributed by atoms with Crippen molar-refractivity contribution < 1.29 is 29.0 Å². The Kier molecular flexibility index (Phi) is 50.2. The number of ether oxygens (including phenoxy) is 2. The highest BCUT2D eigenvalue weighted by molar-refractivity contribution is 5.76. The molecule has 0 spiro atoms. The van der Waals surface area contributed by atoms with Gasteiger partial charge in [0.1, 0.15) is 12.9 Å². The minimum absolute atomic E-state index is 0.0448. The molecule has 8 nitrogen and oxygen atoms in total. The number of esters is 1. The Morgan fingerprint density at radius 1 is 0.571 bits per heavy atom. The normalized spacial score (nSPS) is 11.2. The molecular weight excluding hydrogens is 701 g/mol. The predicted molar refractivity (Wildman–Crippen MR) is 238 cm³/mol.